The molecule has 7 heteroatoms. The van der Waals surface area contributed by atoms with Gasteiger partial charge in [0.1, 0.15) is 6.61 Å². The number of ether oxygens (including phenoxy) is 2. The van der Waals surface area contributed by atoms with Crippen LogP contribution in [0.15, 0.2) is 12.1 Å². The molecule has 0 unspecified atom stereocenters. The van der Waals surface area contributed by atoms with Crippen LogP contribution < -0.4 is 5.73 Å². The van der Waals surface area contributed by atoms with Crippen molar-refractivity contribution in [2.75, 3.05) is 19.5 Å². The van der Waals surface area contributed by atoms with Crippen molar-refractivity contribution in [2.24, 2.45) is 5.41 Å². The molecule has 2 N–H and O–H groups in total. The topological polar surface area (TPSA) is 78.6 Å². The highest BCUT2D eigenvalue weighted by Crippen LogP contribution is 2.30. The van der Waals surface area contributed by atoms with E-state index in [9.17, 15) is 9.59 Å². The van der Waals surface area contributed by atoms with Crippen LogP contribution in [0.1, 0.15) is 24.2 Å². The van der Waals surface area contributed by atoms with Crippen molar-refractivity contribution in [3.63, 3.8) is 0 Å². The highest BCUT2D eigenvalue weighted by molar-refractivity contribution is 6.43. The van der Waals surface area contributed by atoms with Crippen molar-refractivity contribution < 1.29 is 19.1 Å². The molecule has 1 aromatic carbocycles. The van der Waals surface area contributed by atoms with Crippen LogP contribution in [-0.2, 0) is 14.3 Å². The Kier molecular flexibility index (Phi) is 5.25. The summed E-state index contributed by atoms with van der Waals surface area (Å²) in [4.78, 5) is 23.3. The largest absolute Gasteiger partial charge is 0.469 e. The number of anilines is 1. The molecule has 1 rings (SSSR count). The number of hydrogen-bond donors (Lipinski definition) is 1. The number of halogens is 2. The number of nitrogen functional groups attached to an aromatic ring is 1. The zero-order valence-electron chi connectivity index (χ0n) is 11.3. The monoisotopic (exact) mass is 319 g/mol. The molecule has 0 aliphatic heterocycles. The quantitative estimate of drug-likeness (QED) is 0.681. The van der Waals surface area contributed by atoms with Crippen molar-refractivity contribution >= 4 is 40.8 Å². The predicted octanol–water partition coefficient (Wildman–Crippen LogP) is 2.93. The lowest BCUT2D eigenvalue weighted by Gasteiger charge is -2.20. The maximum absolute atomic E-state index is 11.9. The van der Waals surface area contributed by atoms with Crippen LogP contribution in [0.3, 0.4) is 0 Å². The molecule has 0 saturated carbocycles. The van der Waals surface area contributed by atoms with E-state index in [2.05, 4.69) is 4.74 Å². The second-order valence-corrected chi connectivity index (χ2v) is 5.60. The summed E-state index contributed by atoms with van der Waals surface area (Å²) in [6.45, 7) is 3.09. The molecular weight excluding hydrogens is 305 g/mol. The van der Waals surface area contributed by atoms with Gasteiger partial charge in [0, 0.05) is 0 Å². The molecule has 0 amide bonds. The Morgan fingerprint density at radius 2 is 1.90 bits per heavy atom. The van der Waals surface area contributed by atoms with E-state index < -0.39 is 17.4 Å². The number of methoxy groups -OCH3 is 1. The predicted molar refractivity (Wildman–Crippen MR) is 77.0 cm³/mol. The first-order valence-corrected chi connectivity index (χ1v) is 6.44. The fourth-order valence-corrected chi connectivity index (χ4v) is 1.73. The van der Waals surface area contributed by atoms with Gasteiger partial charge in [-0.05, 0) is 26.0 Å². The highest BCUT2D eigenvalue weighted by atomic mass is 35.5. The third-order valence-electron chi connectivity index (χ3n) is 2.59. The van der Waals surface area contributed by atoms with Crippen molar-refractivity contribution in [2.45, 2.75) is 13.8 Å². The number of esters is 2. The Labute approximate surface area is 126 Å². The van der Waals surface area contributed by atoms with Crippen LogP contribution in [0.25, 0.3) is 0 Å². The van der Waals surface area contributed by atoms with E-state index in [1.165, 1.54) is 19.2 Å². The third-order valence-corrected chi connectivity index (χ3v) is 3.41. The zero-order chi connectivity index (χ0) is 15.5. The van der Waals surface area contributed by atoms with Gasteiger partial charge < -0.3 is 15.2 Å². The minimum atomic E-state index is -0.938. The molecule has 110 valence electrons. The van der Waals surface area contributed by atoms with Gasteiger partial charge in [-0.3, -0.25) is 4.79 Å². The molecule has 0 aliphatic carbocycles. The van der Waals surface area contributed by atoms with Gasteiger partial charge in [-0.15, -0.1) is 0 Å². The SMILES string of the molecule is COC(=O)C(C)(C)COC(=O)c1cc(N)c(Cl)c(Cl)c1. The molecule has 0 aliphatic rings. The molecule has 0 spiro atoms. The Balaban J connectivity index is 2.80. The zero-order valence-corrected chi connectivity index (χ0v) is 12.8. The third kappa shape index (κ3) is 3.77. The van der Waals surface area contributed by atoms with E-state index in [4.69, 9.17) is 33.7 Å². The first-order valence-electron chi connectivity index (χ1n) is 5.69. The van der Waals surface area contributed by atoms with E-state index in [0.29, 0.717) is 0 Å². The Morgan fingerprint density at radius 3 is 2.40 bits per heavy atom. The number of hydrogen-bond acceptors (Lipinski definition) is 5. The van der Waals surface area contributed by atoms with Crippen molar-refractivity contribution in [3.8, 4) is 0 Å². The summed E-state index contributed by atoms with van der Waals surface area (Å²) in [7, 11) is 1.27. The molecular formula is C13H15Cl2NO4. The summed E-state index contributed by atoms with van der Waals surface area (Å²) in [5.41, 5.74) is 5.02. The average Bonchev–Trinajstić information content (AvgIpc) is 2.40. The molecule has 5 nitrogen and oxygen atoms in total. The Bertz CT molecular complexity index is 520. The maximum Gasteiger partial charge on any atom is 0.338 e. The number of rotatable bonds is 4. The molecule has 0 bridgehead atoms. The molecule has 0 radical (unpaired) electrons. The van der Waals surface area contributed by atoms with E-state index in [-0.39, 0.29) is 27.9 Å². The van der Waals surface area contributed by atoms with Crippen LogP contribution in [0, 0.1) is 5.41 Å². The molecule has 0 aromatic heterocycles. The second-order valence-electron chi connectivity index (χ2n) is 4.81. The Morgan fingerprint density at radius 1 is 1.30 bits per heavy atom. The van der Waals surface area contributed by atoms with Gasteiger partial charge in [-0.25, -0.2) is 4.79 Å². The van der Waals surface area contributed by atoms with Gasteiger partial charge in [0.25, 0.3) is 0 Å². The molecule has 0 saturated heterocycles. The number of carbonyl (C=O) groups is 2. The normalized spacial score (nSPS) is 11.1. The summed E-state index contributed by atoms with van der Waals surface area (Å²) in [5, 5.41) is 0.337. The average molecular weight is 320 g/mol. The van der Waals surface area contributed by atoms with Gasteiger partial charge in [-0.1, -0.05) is 23.2 Å². The standard InChI is InChI=1S/C13H15Cl2NO4/c1-13(2,12(18)19-3)6-20-11(17)7-4-8(14)10(15)9(16)5-7/h4-5H,6,16H2,1-3H3. The smallest absolute Gasteiger partial charge is 0.338 e. The summed E-state index contributed by atoms with van der Waals surface area (Å²) < 4.78 is 9.69. The molecule has 1 aromatic rings. The van der Waals surface area contributed by atoms with Gasteiger partial charge >= 0.3 is 11.9 Å². The van der Waals surface area contributed by atoms with Crippen LogP contribution >= 0.6 is 23.2 Å². The van der Waals surface area contributed by atoms with Gasteiger partial charge in [0.15, 0.2) is 0 Å². The second kappa shape index (κ2) is 6.33. The number of nitrogens with two attached hydrogens (primary N) is 1. The highest BCUT2D eigenvalue weighted by Gasteiger charge is 2.30. The van der Waals surface area contributed by atoms with Crippen LogP contribution in [-0.4, -0.2) is 25.7 Å². The van der Waals surface area contributed by atoms with E-state index in [1.54, 1.807) is 13.8 Å². The summed E-state index contributed by atoms with van der Waals surface area (Å²) >= 11 is 11.6. The summed E-state index contributed by atoms with van der Waals surface area (Å²) in [6, 6.07) is 2.72. The number of benzene rings is 1. The summed E-state index contributed by atoms with van der Waals surface area (Å²) in [6.07, 6.45) is 0. The van der Waals surface area contributed by atoms with E-state index in [1.807, 2.05) is 0 Å². The molecule has 0 fully saturated rings. The Hall–Kier alpha value is -1.46. The minimum Gasteiger partial charge on any atom is -0.469 e. The summed E-state index contributed by atoms with van der Waals surface area (Å²) in [5.74, 6) is -1.12. The van der Waals surface area contributed by atoms with E-state index in [0.717, 1.165) is 0 Å². The maximum atomic E-state index is 11.9. The first kappa shape index (κ1) is 16.6. The number of carbonyl (C=O) groups excluding carboxylic acids is 2. The van der Waals surface area contributed by atoms with Gasteiger partial charge in [0.2, 0.25) is 0 Å². The van der Waals surface area contributed by atoms with Crippen LogP contribution in [0.2, 0.25) is 10.0 Å². The minimum absolute atomic E-state index is 0.126. The van der Waals surface area contributed by atoms with Crippen LogP contribution in [0.4, 0.5) is 5.69 Å². The van der Waals surface area contributed by atoms with Crippen molar-refractivity contribution in [1.82, 2.24) is 0 Å². The molecule has 20 heavy (non-hydrogen) atoms. The van der Waals surface area contributed by atoms with E-state index >= 15 is 0 Å². The van der Waals surface area contributed by atoms with Crippen molar-refractivity contribution in [3.05, 3.63) is 27.7 Å². The van der Waals surface area contributed by atoms with Crippen molar-refractivity contribution in [1.29, 1.82) is 0 Å². The molecule has 0 atom stereocenters. The lowest BCUT2D eigenvalue weighted by atomic mass is 9.95. The van der Waals surface area contributed by atoms with Crippen LogP contribution in [0.5, 0.6) is 0 Å². The fraction of sp³-hybridized carbons (Fsp3) is 0.385. The lowest BCUT2D eigenvalue weighted by Crippen LogP contribution is -2.32. The first-order chi connectivity index (χ1) is 9.19. The molecule has 0 heterocycles. The van der Waals surface area contributed by atoms with Gasteiger partial charge in [-0.2, -0.15) is 0 Å². The van der Waals surface area contributed by atoms with Gasteiger partial charge in [0.05, 0.1) is 33.8 Å². The lowest BCUT2D eigenvalue weighted by molar-refractivity contribution is -0.152. The fourth-order valence-electron chi connectivity index (χ4n) is 1.39.